The molecule has 3 aromatic carbocycles. The molecule has 1 aliphatic rings. The Hall–Kier alpha value is -2.73. The van der Waals surface area contributed by atoms with E-state index in [1.165, 1.54) is 4.31 Å². The summed E-state index contributed by atoms with van der Waals surface area (Å²) in [6.07, 6.45) is 1.23. The quantitative estimate of drug-likeness (QED) is 0.520. The molecule has 30 heavy (non-hydrogen) atoms. The fourth-order valence-corrected chi connectivity index (χ4v) is 5.51. The van der Waals surface area contributed by atoms with Crippen LogP contribution in [-0.2, 0) is 14.8 Å². The molecule has 1 aliphatic heterocycles. The molecule has 0 bridgehead atoms. The first kappa shape index (κ1) is 20.5. The lowest BCUT2D eigenvalue weighted by Crippen LogP contribution is -2.47. The maximum Gasteiger partial charge on any atom is 0.246 e. The second kappa shape index (κ2) is 8.56. The molecule has 1 heterocycles. The van der Waals surface area contributed by atoms with Crippen molar-refractivity contribution in [1.29, 1.82) is 0 Å². The number of rotatable bonds is 5. The van der Waals surface area contributed by atoms with Crippen LogP contribution in [0.3, 0.4) is 0 Å². The Morgan fingerprint density at radius 1 is 0.900 bits per heavy atom. The lowest BCUT2D eigenvalue weighted by atomic mass is 9.98. The molecule has 0 saturated carbocycles. The summed E-state index contributed by atoms with van der Waals surface area (Å²) in [4.78, 5) is 0.252. The van der Waals surface area contributed by atoms with Gasteiger partial charge in [0.25, 0.3) is 0 Å². The van der Waals surface area contributed by atoms with Gasteiger partial charge in [0.05, 0.1) is 11.0 Å². The minimum absolute atomic E-state index is 0.233. The van der Waals surface area contributed by atoms with Gasteiger partial charge in [0.1, 0.15) is 0 Å². The van der Waals surface area contributed by atoms with Crippen molar-refractivity contribution in [3.8, 4) is 0 Å². The van der Waals surface area contributed by atoms with Crippen LogP contribution in [-0.4, -0.2) is 18.8 Å². The normalized spacial score (nSPS) is 22.5. The molecule has 0 N–H and O–H groups in total. The fraction of sp³-hybridized carbons (Fsp3) is 0.200. The van der Waals surface area contributed by atoms with Crippen molar-refractivity contribution in [2.24, 2.45) is 0 Å². The van der Waals surface area contributed by atoms with Crippen molar-refractivity contribution in [3.63, 3.8) is 0 Å². The Morgan fingerprint density at radius 2 is 1.47 bits per heavy atom. The van der Waals surface area contributed by atoms with Gasteiger partial charge in [-0.3, -0.25) is 0 Å². The summed E-state index contributed by atoms with van der Waals surface area (Å²) in [7, 11) is -3.81. The molecule has 1 saturated heterocycles. The summed E-state index contributed by atoms with van der Waals surface area (Å²) < 4.78 is 35.3. The molecule has 1 fully saturated rings. The lowest BCUT2D eigenvalue weighted by Gasteiger charge is -2.43. The summed E-state index contributed by atoms with van der Waals surface area (Å²) >= 11 is 0. The Balaban J connectivity index is 1.80. The van der Waals surface area contributed by atoms with Gasteiger partial charge in [-0.1, -0.05) is 84.4 Å². The highest BCUT2D eigenvalue weighted by molar-refractivity contribution is 7.89. The highest BCUT2D eigenvalue weighted by atomic mass is 32.2. The summed E-state index contributed by atoms with van der Waals surface area (Å²) in [5.41, 5.74) is 2.83. The molecule has 3 aromatic rings. The third kappa shape index (κ3) is 3.97. The predicted octanol–water partition coefficient (Wildman–Crippen LogP) is 5.40. The van der Waals surface area contributed by atoms with Gasteiger partial charge in [0, 0.05) is 6.04 Å². The van der Waals surface area contributed by atoms with Gasteiger partial charge in [-0.25, -0.2) is 8.42 Å². The first-order chi connectivity index (χ1) is 14.5. The third-order valence-corrected chi connectivity index (χ3v) is 7.32. The minimum atomic E-state index is -3.81. The highest BCUT2D eigenvalue weighted by Gasteiger charge is 2.43. The van der Waals surface area contributed by atoms with Gasteiger partial charge in [-0.05, 0) is 36.6 Å². The van der Waals surface area contributed by atoms with E-state index in [0.717, 1.165) is 16.7 Å². The van der Waals surface area contributed by atoms with E-state index in [2.05, 4.69) is 6.58 Å². The number of hydrogen-bond donors (Lipinski definition) is 0. The molecular weight excluding hydrogens is 394 g/mol. The summed E-state index contributed by atoms with van der Waals surface area (Å²) in [5.74, 6) is 0. The summed E-state index contributed by atoms with van der Waals surface area (Å²) in [6, 6.07) is 25.9. The van der Waals surface area contributed by atoms with Crippen LogP contribution >= 0.6 is 0 Å². The second-order valence-corrected chi connectivity index (χ2v) is 9.33. The fourth-order valence-electron chi connectivity index (χ4n) is 3.83. The highest BCUT2D eigenvalue weighted by Crippen LogP contribution is 2.43. The Morgan fingerprint density at radius 3 is 2.03 bits per heavy atom. The number of aryl methyl sites for hydroxylation is 1. The van der Waals surface area contributed by atoms with E-state index in [1.54, 1.807) is 18.2 Å². The number of nitrogens with zero attached hydrogens (tertiary/aromatic N) is 1. The van der Waals surface area contributed by atoms with Gasteiger partial charge in [0.15, 0.2) is 6.23 Å². The zero-order chi connectivity index (χ0) is 21.1. The molecule has 4 nitrogen and oxygen atoms in total. The van der Waals surface area contributed by atoms with Crippen LogP contribution in [0.15, 0.2) is 102 Å². The van der Waals surface area contributed by atoms with Gasteiger partial charge >= 0.3 is 0 Å². The molecule has 4 rings (SSSR count). The predicted molar refractivity (Wildman–Crippen MR) is 118 cm³/mol. The van der Waals surface area contributed by atoms with Crippen molar-refractivity contribution in [1.82, 2.24) is 4.31 Å². The number of hydrogen-bond acceptors (Lipinski definition) is 3. The second-order valence-electron chi connectivity index (χ2n) is 7.49. The Kier molecular flexibility index (Phi) is 5.86. The maximum absolute atomic E-state index is 13.7. The Bertz CT molecular complexity index is 1100. The van der Waals surface area contributed by atoms with Crippen LogP contribution < -0.4 is 0 Å². The van der Waals surface area contributed by atoms with E-state index in [9.17, 15) is 8.42 Å². The summed E-state index contributed by atoms with van der Waals surface area (Å²) in [5, 5.41) is 0. The van der Waals surface area contributed by atoms with E-state index < -0.39 is 22.3 Å². The molecule has 0 amide bonds. The van der Waals surface area contributed by atoms with E-state index >= 15 is 0 Å². The zero-order valence-electron chi connectivity index (χ0n) is 16.9. The monoisotopic (exact) mass is 419 g/mol. The average molecular weight is 420 g/mol. The first-order valence-electron chi connectivity index (χ1n) is 9.99. The lowest BCUT2D eigenvalue weighted by molar-refractivity contribution is -0.125. The van der Waals surface area contributed by atoms with Crippen molar-refractivity contribution in [2.45, 2.75) is 36.6 Å². The largest absolute Gasteiger partial charge is 0.350 e. The van der Waals surface area contributed by atoms with E-state index in [1.807, 2.05) is 79.7 Å². The van der Waals surface area contributed by atoms with Crippen LogP contribution in [0, 0.1) is 6.92 Å². The van der Waals surface area contributed by atoms with Crippen molar-refractivity contribution < 1.29 is 13.2 Å². The van der Waals surface area contributed by atoms with Crippen molar-refractivity contribution in [3.05, 3.63) is 114 Å². The van der Waals surface area contributed by atoms with Crippen LogP contribution in [0.4, 0.5) is 0 Å². The molecule has 5 heteroatoms. The molecule has 0 aromatic heterocycles. The first-order valence-corrected chi connectivity index (χ1v) is 11.4. The molecule has 3 unspecified atom stereocenters. The third-order valence-electron chi connectivity index (χ3n) is 5.43. The van der Waals surface area contributed by atoms with Crippen LogP contribution in [0.1, 0.15) is 35.4 Å². The average Bonchev–Trinajstić information content (AvgIpc) is 2.79. The Labute approximate surface area is 178 Å². The maximum atomic E-state index is 13.7. The van der Waals surface area contributed by atoms with Gasteiger partial charge in [0.2, 0.25) is 10.0 Å². The molecular formula is C25H25NO3S. The number of benzene rings is 3. The minimum Gasteiger partial charge on any atom is -0.350 e. The molecule has 0 aliphatic carbocycles. The van der Waals surface area contributed by atoms with Crippen LogP contribution in [0.25, 0.3) is 0 Å². The van der Waals surface area contributed by atoms with Gasteiger partial charge in [-0.2, -0.15) is 4.31 Å². The standard InChI is InChI=1S/C25H25NO3S/c1-3-22-18-24(20-10-6-4-7-11-20)29-25(21-12-8-5-9-13-21)26(22)30(27,28)23-16-14-19(2)15-17-23/h3-17,22,24-25H,1,18H2,2H3. The van der Waals surface area contributed by atoms with E-state index in [0.29, 0.717) is 6.42 Å². The topological polar surface area (TPSA) is 46.6 Å². The molecule has 3 atom stereocenters. The zero-order valence-corrected chi connectivity index (χ0v) is 17.7. The molecule has 0 radical (unpaired) electrons. The smallest absolute Gasteiger partial charge is 0.246 e. The molecule has 154 valence electrons. The van der Waals surface area contributed by atoms with Gasteiger partial charge < -0.3 is 4.74 Å². The molecule has 0 spiro atoms. The number of sulfonamides is 1. The number of ether oxygens (including phenoxy) is 1. The van der Waals surface area contributed by atoms with Crippen molar-refractivity contribution in [2.75, 3.05) is 0 Å². The summed E-state index contributed by atoms with van der Waals surface area (Å²) in [6.45, 7) is 5.89. The van der Waals surface area contributed by atoms with E-state index in [4.69, 9.17) is 4.74 Å². The van der Waals surface area contributed by atoms with E-state index in [-0.39, 0.29) is 11.0 Å². The SMILES string of the molecule is C=CC1CC(c2ccccc2)OC(c2ccccc2)N1S(=O)(=O)c1ccc(C)cc1. The van der Waals surface area contributed by atoms with Crippen LogP contribution in [0.5, 0.6) is 0 Å². The van der Waals surface area contributed by atoms with Crippen molar-refractivity contribution >= 4 is 10.0 Å². The van der Waals surface area contributed by atoms with Gasteiger partial charge in [-0.15, -0.1) is 6.58 Å². The van der Waals surface area contributed by atoms with Crippen LogP contribution in [0.2, 0.25) is 0 Å².